The van der Waals surface area contributed by atoms with Gasteiger partial charge in [0.05, 0.1) is 29.2 Å². The molecule has 0 radical (unpaired) electrons. The molecule has 2 aromatic rings. The van der Waals surface area contributed by atoms with Gasteiger partial charge < -0.3 is 15.3 Å². The highest BCUT2D eigenvalue weighted by atomic mass is 16.3. The summed E-state index contributed by atoms with van der Waals surface area (Å²) in [6.45, 7) is 0.662. The predicted molar refractivity (Wildman–Crippen MR) is 111 cm³/mol. The first-order valence-electron chi connectivity index (χ1n) is 10.9. The molecule has 7 nitrogen and oxygen atoms in total. The molecule has 4 bridgehead atoms. The van der Waals surface area contributed by atoms with Crippen LogP contribution in [0.3, 0.4) is 0 Å². The van der Waals surface area contributed by atoms with Crippen molar-refractivity contribution in [1.82, 2.24) is 20.0 Å². The maximum atomic E-state index is 13.2. The number of nitrogens with one attached hydrogen (secondary N) is 1. The van der Waals surface area contributed by atoms with Crippen LogP contribution in [0, 0.1) is 23.7 Å². The normalized spacial score (nSPS) is 33.7. The molecule has 4 aliphatic carbocycles. The lowest BCUT2D eigenvalue weighted by Gasteiger charge is -2.41. The van der Waals surface area contributed by atoms with Gasteiger partial charge >= 0.3 is 0 Å². The number of rotatable bonds is 3. The van der Waals surface area contributed by atoms with Gasteiger partial charge in [0, 0.05) is 31.0 Å². The zero-order chi connectivity index (χ0) is 20.6. The zero-order valence-corrected chi connectivity index (χ0v) is 17.0. The van der Waals surface area contributed by atoms with Crippen molar-refractivity contribution in [2.45, 2.75) is 37.8 Å². The number of phenolic OH excluding ortho intramolecular Hbond substituents is 1. The van der Waals surface area contributed by atoms with Gasteiger partial charge in [0.25, 0.3) is 5.91 Å². The molecule has 30 heavy (non-hydrogen) atoms. The summed E-state index contributed by atoms with van der Waals surface area (Å²) in [6, 6.07) is 3.42. The van der Waals surface area contributed by atoms with Crippen molar-refractivity contribution in [2.75, 3.05) is 6.54 Å². The number of aromatic nitrogens is 2. The van der Waals surface area contributed by atoms with Gasteiger partial charge in [-0.3, -0.25) is 14.3 Å². The Labute approximate surface area is 174 Å². The molecular formula is C23H26N4O3. The van der Waals surface area contributed by atoms with Crippen molar-refractivity contribution in [1.29, 1.82) is 0 Å². The minimum absolute atomic E-state index is 0.0483. The number of fused-ring (bicyclic) bond motifs is 4. The van der Waals surface area contributed by atoms with Crippen molar-refractivity contribution in [2.24, 2.45) is 30.7 Å². The second-order valence-electron chi connectivity index (χ2n) is 9.48. The van der Waals surface area contributed by atoms with Gasteiger partial charge in [0.2, 0.25) is 5.91 Å². The summed E-state index contributed by atoms with van der Waals surface area (Å²) in [5, 5.41) is 18.4. The Bertz CT molecular complexity index is 1090. The van der Waals surface area contributed by atoms with E-state index >= 15 is 0 Å². The van der Waals surface area contributed by atoms with E-state index in [2.05, 4.69) is 22.6 Å². The zero-order valence-electron chi connectivity index (χ0n) is 17.0. The number of allylic oxidation sites excluding steroid dienone is 2. The molecule has 0 unspecified atom stereocenters. The Balaban J connectivity index is 1.18. The fraction of sp³-hybridized carbons (Fsp3) is 0.522. The van der Waals surface area contributed by atoms with Crippen LogP contribution in [-0.4, -0.2) is 50.2 Å². The third-order valence-electron chi connectivity index (χ3n) is 7.87. The van der Waals surface area contributed by atoms with Crippen LogP contribution in [0.15, 0.2) is 30.5 Å². The van der Waals surface area contributed by atoms with E-state index in [0.717, 1.165) is 24.8 Å². The maximum absolute atomic E-state index is 13.2. The lowest BCUT2D eigenvalue weighted by atomic mass is 9.68. The van der Waals surface area contributed by atoms with E-state index in [1.165, 1.54) is 12.5 Å². The molecule has 3 heterocycles. The van der Waals surface area contributed by atoms with Gasteiger partial charge in [-0.05, 0) is 49.7 Å². The highest BCUT2D eigenvalue weighted by molar-refractivity contribution is 6.00. The number of nitrogens with zero attached hydrogens (tertiary/aromatic N) is 3. The van der Waals surface area contributed by atoms with Gasteiger partial charge in [-0.25, -0.2) is 0 Å². The van der Waals surface area contributed by atoms with Crippen LogP contribution in [0.2, 0.25) is 0 Å². The molecule has 6 aliphatic rings. The molecule has 2 saturated heterocycles. The predicted octanol–water partition coefficient (Wildman–Crippen LogP) is 2.21. The smallest absolute Gasteiger partial charge is 0.254 e. The number of aryl methyl sites for hydroxylation is 1. The van der Waals surface area contributed by atoms with Crippen LogP contribution in [0.5, 0.6) is 5.75 Å². The molecule has 1 aromatic heterocycles. The Morgan fingerprint density at radius 1 is 1.20 bits per heavy atom. The highest BCUT2D eigenvalue weighted by Crippen LogP contribution is 2.44. The second-order valence-corrected chi connectivity index (χ2v) is 9.48. The molecule has 4 fully saturated rings. The number of carbonyl (C=O) groups is 2. The highest BCUT2D eigenvalue weighted by Gasteiger charge is 2.55. The largest absolute Gasteiger partial charge is 0.507 e. The lowest BCUT2D eigenvalue weighted by Crippen LogP contribution is -2.57. The first-order valence-corrected chi connectivity index (χ1v) is 10.9. The number of hydrogen-bond acceptors (Lipinski definition) is 4. The Morgan fingerprint density at radius 3 is 2.80 bits per heavy atom. The number of carbonyl (C=O) groups excluding carboxylic acids is 2. The first-order chi connectivity index (χ1) is 14.5. The molecule has 0 spiro atoms. The van der Waals surface area contributed by atoms with Crippen LogP contribution in [0.25, 0.3) is 10.9 Å². The average Bonchev–Trinajstić information content (AvgIpc) is 3.46. The van der Waals surface area contributed by atoms with Crippen LogP contribution in [0.4, 0.5) is 0 Å². The van der Waals surface area contributed by atoms with Crippen molar-refractivity contribution in [3.8, 4) is 5.75 Å². The van der Waals surface area contributed by atoms with E-state index in [9.17, 15) is 14.7 Å². The molecular weight excluding hydrogens is 380 g/mol. The first kappa shape index (κ1) is 18.0. The Kier molecular flexibility index (Phi) is 3.80. The quantitative estimate of drug-likeness (QED) is 0.765. The van der Waals surface area contributed by atoms with Gasteiger partial charge in [0.15, 0.2) is 0 Å². The average molecular weight is 406 g/mol. The third-order valence-corrected chi connectivity index (χ3v) is 7.87. The van der Waals surface area contributed by atoms with E-state index < -0.39 is 0 Å². The van der Waals surface area contributed by atoms with Crippen molar-refractivity contribution in [3.63, 3.8) is 0 Å². The fourth-order valence-corrected chi connectivity index (χ4v) is 6.09. The summed E-state index contributed by atoms with van der Waals surface area (Å²) in [5.74, 6) is 1.49. The van der Waals surface area contributed by atoms with Gasteiger partial charge in [-0.15, -0.1) is 0 Å². The maximum Gasteiger partial charge on any atom is 0.254 e. The Morgan fingerprint density at radius 2 is 2.07 bits per heavy atom. The number of aromatic hydroxyl groups is 1. The molecule has 2 N–H and O–H groups in total. The van der Waals surface area contributed by atoms with Crippen LogP contribution >= 0.6 is 0 Å². The molecule has 8 rings (SSSR count). The van der Waals surface area contributed by atoms with Gasteiger partial charge in [-0.2, -0.15) is 5.10 Å². The van der Waals surface area contributed by atoms with Crippen LogP contribution in [-0.2, 0) is 11.8 Å². The summed E-state index contributed by atoms with van der Waals surface area (Å²) in [5.41, 5.74) is 1.20. The molecule has 2 aliphatic heterocycles. The summed E-state index contributed by atoms with van der Waals surface area (Å²) in [4.78, 5) is 28.1. The standard InChI is InChI=1S/C23H26N4O3/c1-26-18-7-14(9-20(28)17(18)10-24-26)23(30)27-11-15-8-19(27)21(15)25-22(29)16-6-12-2-4-13(16)5-3-12/h2,4,7,9-10,12-13,15-16,19,21,28H,3,5-6,8,11H2,1H3,(H,25,29)/t12-,13+,15+,16-,19+,21-/m1/s1. The van der Waals surface area contributed by atoms with Crippen LogP contribution < -0.4 is 5.32 Å². The SMILES string of the molecule is Cn1ncc2c(O)cc(C(=O)N3C[C@@H]4C[C@H]3[C@@H]4NC(=O)[C@@H]3C[C@@H]4C=C[C@H]3CC4)cc21. The molecule has 7 heteroatoms. The minimum atomic E-state index is -0.0858. The number of phenols is 1. The van der Waals surface area contributed by atoms with E-state index in [1.54, 1.807) is 24.0 Å². The number of amides is 2. The van der Waals surface area contributed by atoms with Gasteiger partial charge in [-0.1, -0.05) is 12.2 Å². The van der Waals surface area contributed by atoms with Crippen molar-refractivity contribution in [3.05, 3.63) is 36.0 Å². The van der Waals surface area contributed by atoms with E-state index in [0.29, 0.717) is 35.2 Å². The lowest BCUT2D eigenvalue weighted by molar-refractivity contribution is -0.129. The van der Waals surface area contributed by atoms with E-state index in [-0.39, 0.29) is 35.6 Å². The third kappa shape index (κ3) is 2.53. The van der Waals surface area contributed by atoms with Crippen molar-refractivity contribution < 1.29 is 14.7 Å². The molecule has 1 aromatic carbocycles. The molecule has 2 saturated carbocycles. The monoisotopic (exact) mass is 406 g/mol. The summed E-state index contributed by atoms with van der Waals surface area (Å²) in [7, 11) is 1.79. The fourth-order valence-electron chi connectivity index (χ4n) is 6.09. The summed E-state index contributed by atoms with van der Waals surface area (Å²) < 4.78 is 1.66. The van der Waals surface area contributed by atoms with Gasteiger partial charge in [0.1, 0.15) is 5.75 Å². The summed E-state index contributed by atoms with van der Waals surface area (Å²) in [6.07, 6.45) is 10.3. The minimum Gasteiger partial charge on any atom is -0.507 e. The van der Waals surface area contributed by atoms with Crippen LogP contribution in [0.1, 0.15) is 36.0 Å². The second kappa shape index (κ2) is 6.33. The topological polar surface area (TPSA) is 87.5 Å². The molecule has 2 amide bonds. The number of benzene rings is 1. The van der Waals surface area contributed by atoms with Crippen molar-refractivity contribution >= 4 is 22.7 Å². The van der Waals surface area contributed by atoms with E-state index in [4.69, 9.17) is 0 Å². The molecule has 156 valence electrons. The summed E-state index contributed by atoms with van der Waals surface area (Å²) >= 11 is 0. The van der Waals surface area contributed by atoms with E-state index in [1.807, 2.05) is 4.90 Å². The Hall–Kier alpha value is -2.83. The number of hydrogen-bond donors (Lipinski definition) is 2. The molecule has 6 atom stereocenters.